The topological polar surface area (TPSA) is 0 Å². The van der Waals surface area contributed by atoms with Crippen molar-refractivity contribution in [3.05, 3.63) is 11.1 Å². The molecular formula is C11H24. The second-order valence-electron chi connectivity index (χ2n) is 3.76. The lowest BCUT2D eigenvalue weighted by molar-refractivity contribution is 0.615. The van der Waals surface area contributed by atoms with E-state index in [9.17, 15) is 0 Å². The minimum Gasteiger partial charge on any atom is -0.0776 e. The van der Waals surface area contributed by atoms with Crippen LogP contribution in [0.25, 0.3) is 0 Å². The molecule has 0 nitrogen and oxygen atoms in total. The molecule has 11 heavy (non-hydrogen) atoms. The molecule has 0 aromatic carbocycles. The molecule has 0 fully saturated rings. The van der Waals surface area contributed by atoms with Crippen molar-refractivity contribution in [2.45, 2.75) is 49.0 Å². The summed E-state index contributed by atoms with van der Waals surface area (Å²) in [6.07, 6.45) is 0. The summed E-state index contributed by atoms with van der Waals surface area (Å²) in [5.74, 6) is 1.43. The minimum atomic E-state index is 0. The Morgan fingerprint density at radius 1 is 0.818 bits per heavy atom. The molecule has 0 aliphatic heterocycles. The van der Waals surface area contributed by atoms with Crippen molar-refractivity contribution < 1.29 is 0 Å². The van der Waals surface area contributed by atoms with Crippen LogP contribution in [-0.2, 0) is 0 Å². The van der Waals surface area contributed by atoms with E-state index in [-0.39, 0.29) is 7.43 Å². The van der Waals surface area contributed by atoms with Crippen LogP contribution in [-0.4, -0.2) is 0 Å². The molecule has 0 aliphatic carbocycles. The van der Waals surface area contributed by atoms with E-state index in [1.807, 2.05) is 0 Å². The zero-order valence-corrected chi connectivity index (χ0v) is 8.15. The first-order valence-electron chi connectivity index (χ1n) is 4.14. The molecule has 68 valence electrons. The van der Waals surface area contributed by atoms with Gasteiger partial charge in [-0.25, -0.2) is 0 Å². The van der Waals surface area contributed by atoms with Gasteiger partial charge in [0.05, 0.1) is 0 Å². The highest BCUT2D eigenvalue weighted by atomic mass is 14.1. The Balaban J connectivity index is 0. The molecule has 0 heteroatoms. The summed E-state index contributed by atoms with van der Waals surface area (Å²) in [4.78, 5) is 0. The van der Waals surface area contributed by atoms with Crippen molar-refractivity contribution in [1.82, 2.24) is 0 Å². The Hall–Kier alpha value is -0.260. The maximum Gasteiger partial charge on any atom is -0.0255 e. The molecule has 0 aromatic rings. The van der Waals surface area contributed by atoms with Crippen LogP contribution >= 0.6 is 0 Å². The van der Waals surface area contributed by atoms with Crippen molar-refractivity contribution in [1.29, 1.82) is 0 Å². The van der Waals surface area contributed by atoms with Gasteiger partial charge in [-0.3, -0.25) is 0 Å². The van der Waals surface area contributed by atoms with Crippen LogP contribution in [0.3, 0.4) is 0 Å². The standard InChI is InChI=1S/C10H20.CH4/c1-7(2)10(8(3)4)9(5)6;/h7-8H,1-6H3;1H4. The van der Waals surface area contributed by atoms with Gasteiger partial charge in [-0.05, 0) is 25.7 Å². The van der Waals surface area contributed by atoms with Gasteiger partial charge in [0.1, 0.15) is 0 Å². The maximum absolute atomic E-state index is 2.27. The third-order valence-corrected chi connectivity index (χ3v) is 1.82. The summed E-state index contributed by atoms with van der Waals surface area (Å²) < 4.78 is 0. The highest BCUT2D eigenvalue weighted by molar-refractivity contribution is 5.13. The molecule has 0 bridgehead atoms. The number of rotatable bonds is 2. The summed E-state index contributed by atoms with van der Waals surface area (Å²) in [5.41, 5.74) is 3.10. The molecule has 0 aliphatic rings. The summed E-state index contributed by atoms with van der Waals surface area (Å²) in [7, 11) is 0. The average molecular weight is 156 g/mol. The zero-order chi connectivity index (χ0) is 8.31. The van der Waals surface area contributed by atoms with Crippen LogP contribution in [0.15, 0.2) is 11.1 Å². The van der Waals surface area contributed by atoms with E-state index in [0.717, 1.165) is 0 Å². The van der Waals surface area contributed by atoms with E-state index >= 15 is 0 Å². The van der Waals surface area contributed by atoms with Crippen molar-refractivity contribution in [3.63, 3.8) is 0 Å². The van der Waals surface area contributed by atoms with Crippen molar-refractivity contribution in [2.75, 3.05) is 0 Å². The molecule has 0 heterocycles. The Kier molecular flexibility index (Phi) is 6.55. The molecule has 0 spiro atoms. The molecular weight excluding hydrogens is 132 g/mol. The second kappa shape index (κ2) is 5.40. The molecule has 0 rings (SSSR count). The molecule has 0 atom stereocenters. The van der Waals surface area contributed by atoms with Gasteiger partial charge in [-0.15, -0.1) is 0 Å². The van der Waals surface area contributed by atoms with E-state index in [2.05, 4.69) is 41.5 Å². The smallest absolute Gasteiger partial charge is 0.0255 e. The Bertz CT molecular complexity index is 113. The van der Waals surface area contributed by atoms with Crippen LogP contribution in [0.1, 0.15) is 49.0 Å². The first-order valence-corrected chi connectivity index (χ1v) is 4.14. The fraction of sp³-hybridized carbons (Fsp3) is 0.818. The number of allylic oxidation sites excluding steroid dienone is 2. The first-order chi connectivity index (χ1) is 4.46. The van der Waals surface area contributed by atoms with E-state index in [0.29, 0.717) is 11.8 Å². The van der Waals surface area contributed by atoms with Gasteiger partial charge in [0.15, 0.2) is 0 Å². The SMILES string of the molecule is C.CC(C)=C(C(C)C)C(C)C. The summed E-state index contributed by atoms with van der Waals surface area (Å²) in [6.45, 7) is 13.5. The monoisotopic (exact) mass is 156 g/mol. The van der Waals surface area contributed by atoms with E-state index < -0.39 is 0 Å². The predicted octanol–water partition coefficient (Wildman–Crippen LogP) is 4.27. The zero-order valence-electron chi connectivity index (χ0n) is 8.15. The second-order valence-corrected chi connectivity index (χ2v) is 3.76. The fourth-order valence-corrected chi connectivity index (χ4v) is 1.82. The number of hydrogen-bond donors (Lipinski definition) is 0. The van der Waals surface area contributed by atoms with Crippen LogP contribution in [0, 0.1) is 11.8 Å². The van der Waals surface area contributed by atoms with Gasteiger partial charge in [0, 0.05) is 0 Å². The van der Waals surface area contributed by atoms with Crippen LogP contribution in [0.5, 0.6) is 0 Å². The van der Waals surface area contributed by atoms with Gasteiger partial charge >= 0.3 is 0 Å². The Morgan fingerprint density at radius 3 is 1.09 bits per heavy atom. The molecule has 0 saturated carbocycles. The average Bonchev–Trinajstić information content (AvgIpc) is 1.59. The first kappa shape index (κ1) is 13.3. The summed E-state index contributed by atoms with van der Waals surface area (Å²) >= 11 is 0. The molecule has 0 aromatic heterocycles. The maximum atomic E-state index is 2.27. The fourth-order valence-electron chi connectivity index (χ4n) is 1.82. The van der Waals surface area contributed by atoms with Crippen LogP contribution in [0.2, 0.25) is 0 Å². The number of hydrogen-bond acceptors (Lipinski definition) is 0. The minimum absolute atomic E-state index is 0. The highest BCUT2D eigenvalue weighted by Gasteiger charge is 2.08. The van der Waals surface area contributed by atoms with Crippen molar-refractivity contribution in [3.8, 4) is 0 Å². The Labute approximate surface area is 72.7 Å². The van der Waals surface area contributed by atoms with Gasteiger partial charge in [0.25, 0.3) is 0 Å². The van der Waals surface area contributed by atoms with Crippen LogP contribution < -0.4 is 0 Å². The van der Waals surface area contributed by atoms with Gasteiger partial charge < -0.3 is 0 Å². The van der Waals surface area contributed by atoms with E-state index in [1.165, 1.54) is 5.57 Å². The quantitative estimate of drug-likeness (QED) is 0.524. The third-order valence-electron chi connectivity index (χ3n) is 1.82. The van der Waals surface area contributed by atoms with E-state index in [4.69, 9.17) is 0 Å². The van der Waals surface area contributed by atoms with Crippen molar-refractivity contribution >= 4 is 0 Å². The van der Waals surface area contributed by atoms with Gasteiger partial charge in [-0.1, -0.05) is 46.3 Å². The normalized spacial score (nSPS) is 9.82. The Morgan fingerprint density at radius 2 is 1.09 bits per heavy atom. The molecule has 0 unspecified atom stereocenters. The van der Waals surface area contributed by atoms with Gasteiger partial charge in [-0.2, -0.15) is 0 Å². The van der Waals surface area contributed by atoms with Crippen LogP contribution in [0.4, 0.5) is 0 Å². The third kappa shape index (κ3) is 4.23. The lowest BCUT2D eigenvalue weighted by atomic mass is 9.89. The highest BCUT2D eigenvalue weighted by Crippen LogP contribution is 2.22. The van der Waals surface area contributed by atoms with Crippen molar-refractivity contribution in [2.24, 2.45) is 11.8 Å². The summed E-state index contributed by atoms with van der Waals surface area (Å²) in [6, 6.07) is 0. The van der Waals surface area contributed by atoms with Gasteiger partial charge in [0.2, 0.25) is 0 Å². The molecule has 0 N–H and O–H groups in total. The van der Waals surface area contributed by atoms with E-state index in [1.54, 1.807) is 5.57 Å². The molecule has 0 amide bonds. The largest absolute Gasteiger partial charge is 0.0776 e. The molecule has 0 radical (unpaired) electrons. The predicted molar refractivity (Wildman–Crippen MR) is 54.8 cm³/mol. The molecule has 0 saturated heterocycles. The summed E-state index contributed by atoms with van der Waals surface area (Å²) in [5, 5.41) is 0. The lowest BCUT2D eigenvalue weighted by Gasteiger charge is -2.17. The lowest BCUT2D eigenvalue weighted by Crippen LogP contribution is -2.03.